The van der Waals surface area contributed by atoms with Gasteiger partial charge in [0.05, 0.1) is 24.7 Å². The monoisotopic (exact) mass is 347 g/mol. The highest BCUT2D eigenvalue weighted by molar-refractivity contribution is 6.32. The summed E-state index contributed by atoms with van der Waals surface area (Å²) in [7, 11) is 2.97. The van der Waals surface area contributed by atoms with Crippen molar-refractivity contribution in [2.75, 3.05) is 14.2 Å². The number of hydrogen-bond donors (Lipinski definition) is 0. The minimum absolute atomic E-state index is 0.0419. The van der Waals surface area contributed by atoms with E-state index in [1.807, 2.05) is 0 Å². The largest absolute Gasteiger partial charge is 0.497 e. The van der Waals surface area contributed by atoms with Gasteiger partial charge in [0.15, 0.2) is 5.78 Å². The molecule has 0 heterocycles. The number of ketones is 1. The Bertz CT molecular complexity index is 817. The van der Waals surface area contributed by atoms with E-state index in [9.17, 15) is 14.9 Å². The number of halogens is 1. The first-order valence-electron chi connectivity index (χ1n) is 6.84. The molecule has 0 atom stereocenters. The van der Waals surface area contributed by atoms with Crippen LogP contribution in [0.3, 0.4) is 0 Å². The van der Waals surface area contributed by atoms with Gasteiger partial charge in [0.25, 0.3) is 5.69 Å². The Morgan fingerprint density at radius 3 is 2.54 bits per heavy atom. The van der Waals surface area contributed by atoms with Crippen LogP contribution >= 0.6 is 11.6 Å². The van der Waals surface area contributed by atoms with E-state index in [2.05, 4.69) is 0 Å². The average Bonchev–Trinajstić information content (AvgIpc) is 2.59. The zero-order chi connectivity index (χ0) is 17.7. The van der Waals surface area contributed by atoms with Crippen LogP contribution in [0.1, 0.15) is 15.9 Å². The lowest BCUT2D eigenvalue weighted by Gasteiger charge is -2.07. The number of carbonyl (C=O) groups is 1. The fourth-order valence-electron chi connectivity index (χ4n) is 2.04. The molecule has 7 heteroatoms. The Kier molecular flexibility index (Phi) is 5.55. The van der Waals surface area contributed by atoms with Crippen LogP contribution in [0.25, 0.3) is 6.08 Å². The SMILES string of the molecule is COc1ccc(C(=O)C=Cc2ccc(Cl)c([N+](=O)[O-])c2)c(OC)c1. The van der Waals surface area contributed by atoms with Crippen LogP contribution in [0.2, 0.25) is 5.02 Å². The standard InChI is InChI=1S/C17H14ClNO5/c1-23-12-5-6-13(17(10-12)24-2)16(20)8-4-11-3-7-14(18)15(9-11)19(21)22/h3-10H,1-2H3. The second-order valence-corrected chi connectivity index (χ2v) is 5.14. The summed E-state index contributed by atoms with van der Waals surface area (Å²) in [6, 6.07) is 9.15. The van der Waals surface area contributed by atoms with Gasteiger partial charge in [0.2, 0.25) is 0 Å². The maximum atomic E-state index is 12.3. The Labute approximate surface area is 143 Å². The van der Waals surface area contributed by atoms with Crippen molar-refractivity contribution in [1.29, 1.82) is 0 Å². The lowest BCUT2D eigenvalue weighted by Crippen LogP contribution is -1.99. The van der Waals surface area contributed by atoms with Crippen molar-refractivity contribution in [3.05, 3.63) is 68.7 Å². The maximum absolute atomic E-state index is 12.3. The number of benzene rings is 2. The molecule has 0 N–H and O–H groups in total. The summed E-state index contributed by atoms with van der Waals surface area (Å²) < 4.78 is 10.3. The van der Waals surface area contributed by atoms with Crippen LogP contribution in [0, 0.1) is 10.1 Å². The van der Waals surface area contributed by atoms with Crippen molar-refractivity contribution in [2.24, 2.45) is 0 Å². The van der Waals surface area contributed by atoms with Crippen molar-refractivity contribution in [3.63, 3.8) is 0 Å². The van der Waals surface area contributed by atoms with Crippen LogP contribution in [0.4, 0.5) is 5.69 Å². The summed E-state index contributed by atoms with van der Waals surface area (Å²) >= 11 is 5.76. The number of rotatable bonds is 6. The summed E-state index contributed by atoms with van der Waals surface area (Å²) in [6.45, 7) is 0. The molecule has 0 bridgehead atoms. The first-order valence-corrected chi connectivity index (χ1v) is 7.22. The third-order valence-corrected chi connectivity index (χ3v) is 3.59. The normalized spacial score (nSPS) is 10.6. The molecule has 0 radical (unpaired) electrons. The van der Waals surface area contributed by atoms with Crippen LogP contribution < -0.4 is 9.47 Å². The minimum atomic E-state index is -0.575. The molecule has 24 heavy (non-hydrogen) atoms. The highest BCUT2D eigenvalue weighted by Crippen LogP contribution is 2.27. The van der Waals surface area contributed by atoms with E-state index in [0.717, 1.165) is 0 Å². The van der Waals surface area contributed by atoms with Gasteiger partial charge in [-0.3, -0.25) is 14.9 Å². The highest BCUT2D eigenvalue weighted by Gasteiger charge is 2.13. The molecule has 0 fully saturated rings. The summed E-state index contributed by atoms with van der Waals surface area (Å²) in [4.78, 5) is 22.6. The number of hydrogen-bond acceptors (Lipinski definition) is 5. The number of nitro benzene ring substituents is 1. The molecule has 2 rings (SSSR count). The fraction of sp³-hybridized carbons (Fsp3) is 0.118. The number of methoxy groups -OCH3 is 2. The third-order valence-electron chi connectivity index (χ3n) is 3.27. The van der Waals surface area contributed by atoms with Crippen LogP contribution in [0.15, 0.2) is 42.5 Å². The molecular formula is C17H14ClNO5. The molecule has 0 aliphatic heterocycles. The number of nitrogens with zero attached hydrogens (tertiary/aromatic N) is 1. The molecule has 124 valence electrons. The summed E-state index contributed by atoms with van der Waals surface area (Å²) in [5.41, 5.74) is 0.637. The molecule has 0 unspecified atom stereocenters. The van der Waals surface area contributed by atoms with Gasteiger partial charge < -0.3 is 9.47 Å². The van der Waals surface area contributed by atoms with E-state index in [1.165, 1.54) is 38.5 Å². The second kappa shape index (κ2) is 7.61. The molecule has 0 saturated carbocycles. The second-order valence-electron chi connectivity index (χ2n) is 4.73. The van der Waals surface area contributed by atoms with Gasteiger partial charge in [0.1, 0.15) is 16.5 Å². The summed E-state index contributed by atoms with van der Waals surface area (Å²) in [5, 5.41) is 10.9. The van der Waals surface area contributed by atoms with Crippen molar-refractivity contribution >= 4 is 29.1 Å². The smallest absolute Gasteiger partial charge is 0.288 e. The molecule has 0 spiro atoms. The van der Waals surface area contributed by atoms with Gasteiger partial charge in [-0.1, -0.05) is 23.7 Å². The number of ether oxygens (including phenoxy) is 2. The average molecular weight is 348 g/mol. The zero-order valence-electron chi connectivity index (χ0n) is 13.0. The van der Waals surface area contributed by atoms with E-state index in [0.29, 0.717) is 22.6 Å². The number of allylic oxidation sites excluding steroid dienone is 1. The molecule has 0 aromatic heterocycles. The molecule has 6 nitrogen and oxygen atoms in total. The topological polar surface area (TPSA) is 78.7 Å². The summed E-state index contributed by atoms with van der Waals surface area (Å²) in [5.74, 6) is 0.652. The van der Waals surface area contributed by atoms with Crippen molar-refractivity contribution in [1.82, 2.24) is 0 Å². The lowest BCUT2D eigenvalue weighted by molar-refractivity contribution is -0.384. The number of carbonyl (C=O) groups excluding carboxylic acids is 1. The first kappa shape index (κ1) is 17.5. The quantitative estimate of drug-likeness (QED) is 0.339. The zero-order valence-corrected chi connectivity index (χ0v) is 13.7. The highest BCUT2D eigenvalue weighted by atomic mass is 35.5. The fourth-order valence-corrected chi connectivity index (χ4v) is 2.22. The lowest BCUT2D eigenvalue weighted by atomic mass is 10.1. The molecule has 0 amide bonds. The molecule has 2 aromatic rings. The van der Waals surface area contributed by atoms with Crippen LogP contribution in [-0.2, 0) is 0 Å². The molecule has 0 saturated heterocycles. The molecule has 2 aromatic carbocycles. The number of nitro groups is 1. The van der Waals surface area contributed by atoms with Gasteiger partial charge in [0, 0.05) is 12.1 Å². The van der Waals surface area contributed by atoms with Crippen LogP contribution in [0.5, 0.6) is 11.5 Å². The van der Waals surface area contributed by atoms with Crippen molar-refractivity contribution < 1.29 is 19.2 Å². The van der Waals surface area contributed by atoms with E-state index >= 15 is 0 Å². The van der Waals surface area contributed by atoms with E-state index in [1.54, 1.807) is 24.3 Å². The van der Waals surface area contributed by atoms with Crippen LogP contribution in [-0.4, -0.2) is 24.9 Å². The van der Waals surface area contributed by atoms with Gasteiger partial charge in [-0.25, -0.2) is 0 Å². The summed E-state index contributed by atoms with van der Waals surface area (Å²) in [6.07, 6.45) is 2.80. The van der Waals surface area contributed by atoms with Crippen molar-refractivity contribution in [3.8, 4) is 11.5 Å². The van der Waals surface area contributed by atoms with Gasteiger partial charge in [-0.15, -0.1) is 0 Å². The van der Waals surface area contributed by atoms with E-state index < -0.39 is 4.92 Å². The first-order chi connectivity index (χ1) is 11.5. The van der Waals surface area contributed by atoms with Gasteiger partial charge in [-0.2, -0.15) is 0 Å². The van der Waals surface area contributed by atoms with Crippen molar-refractivity contribution in [2.45, 2.75) is 0 Å². The predicted molar refractivity (Wildman–Crippen MR) is 91.0 cm³/mol. The minimum Gasteiger partial charge on any atom is -0.497 e. The Morgan fingerprint density at radius 2 is 1.92 bits per heavy atom. The van der Waals surface area contributed by atoms with E-state index in [4.69, 9.17) is 21.1 Å². The molecule has 0 aliphatic carbocycles. The molecule has 0 aliphatic rings. The Balaban J connectivity index is 2.28. The maximum Gasteiger partial charge on any atom is 0.288 e. The predicted octanol–water partition coefficient (Wildman–Crippen LogP) is 4.16. The van der Waals surface area contributed by atoms with E-state index in [-0.39, 0.29) is 16.5 Å². The Morgan fingerprint density at radius 1 is 1.17 bits per heavy atom. The molecular weight excluding hydrogens is 334 g/mol. The van der Waals surface area contributed by atoms with Gasteiger partial charge >= 0.3 is 0 Å². The van der Waals surface area contributed by atoms with Gasteiger partial charge in [-0.05, 0) is 29.8 Å². The third kappa shape index (κ3) is 3.91. The Hall–Kier alpha value is -2.86.